The van der Waals surface area contributed by atoms with Gasteiger partial charge in [0.15, 0.2) is 0 Å². The second-order valence-electron chi connectivity index (χ2n) is 1.12. The van der Waals surface area contributed by atoms with Crippen molar-refractivity contribution in [3.63, 3.8) is 0 Å². The van der Waals surface area contributed by atoms with Crippen LogP contribution in [-0.4, -0.2) is 5.21 Å². The van der Waals surface area contributed by atoms with Crippen molar-refractivity contribution < 1.29 is 9.62 Å². The third kappa shape index (κ3) is 1.44. The van der Waals surface area contributed by atoms with Crippen LogP contribution < -0.4 is 5.48 Å². The predicted octanol–water partition coefficient (Wildman–Crippen LogP) is 1.50. The van der Waals surface area contributed by atoms with Crippen LogP contribution in [0.2, 0.25) is 0 Å². The maximum absolute atomic E-state index is 8.12. The molecule has 0 fully saturated rings. The van der Waals surface area contributed by atoms with Gasteiger partial charge in [-0.15, -0.1) is 12.4 Å². The van der Waals surface area contributed by atoms with E-state index < -0.39 is 0 Å². The molecule has 0 aromatic carbocycles. The van der Waals surface area contributed by atoms with E-state index in [9.17, 15) is 0 Å². The molecule has 4 heteroatoms. The lowest BCUT2D eigenvalue weighted by Gasteiger charge is -1.83. The van der Waals surface area contributed by atoms with Crippen LogP contribution in [-0.2, 0) is 0 Å². The number of halogens is 1. The van der Waals surface area contributed by atoms with Crippen LogP contribution in [0.5, 0.6) is 0 Å². The topological polar surface area (TPSA) is 45.4 Å². The molecule has 8 heavy (non-hydrogen) atoms. The first-order chi connectivity index (χ1) is 3.43. The third-order valence-electron chi connectivity index (χ3n) is 0.650. The van der Waals surface area contributed by atoms with Gasteiger partial charge in [0.2, 0.25) is 0 Å². The van der Waals surface area contributed by atoms with Crippen LogP contribution in [0.15, 0.2) is 23.0 Å². The number of nitrogens with one attached hydrogen (secondary N) is 1. The normalized spacial score (nSPS) is 7.62. The molecule has 0 aliphatic heterocycles. The highest BCUT2D eigenvalue weighted by atomic mass is 35.5. The first kappa shape index (κ1) is 7.33. The summed E-state index contributed by atoms with van der Waals surface area (Å²) in [6.45, 7) is 0. The minimum atomic E-state index is 0. The summed E-state index contributed by atoms with van der Waals surface area (Å²) in [5.41, 5.74) is 2.48. The van der Waals surface area contributed by atoms with Gasteiger partial charge < -0.3 is 4.42 Å². The molecule has 0 radical (unpaired) electrons. The van der Waals surface area contributed by atoms with E-state index in [1.807, 2.05) is 5.48 Å². The zero-order chi connectivity index (χ0) is 5.11. The first-order valence-corrected chi connectivity index (χ1v) is 1.86. The van der Waals surface area contributed by atoms with E-state index in [0.717, 1.165) is 0 Å². The minimum absolute atomic E-state index is 0. The maximum atomic E-state index is 8.12. The van der Waals surface area contributed by atoms with Crippen molar-refractivity contribution in [1.29, 1.82) is 0 Å². The summed E-state index contributed by atoms with van der Waals surface area (Å²) in [4.78, 5) is 0. The van der Waals surface area contributed by atoms with Gasteiger partial charge in [0.25, 0.3) is 0 Å². The quantitative estimate of drug-likeness (QED) is 0.574. The Labute approximate surface area is 52.7 Å². The first-order valence-electron chi connectivity index (χ1n) is 1.86. The van der Waals surface area contributed by atoms with E-state index in [4.69, 9.17) is 5.21 Å². The van der Waals surface area contributed by atoms with Gasteiger partial charge in [0.05, 0.1) is 12.0 Å². The molecule has 1 rings (SSSR count). The zero-order valence-electron chi connectivity index (χ0n) is 4.00. The lowest BCUT2D eigenvalue weighted by molar-refractivity contribution is 0.387. The number of anilines is 1. The molecule has 2 N–H and O–H groups in total. The van der Waals surface area contributed by atoms with Gasteiger partial charge in [-0.05, 0) is 0 Å². The number of rotatable bonds is 1. The Morgan fingerprint density at radius 2 is 2.38 bits per heavy atom. The Kier molecular flexibility index (Phi) is 3.07. The van der Waals surface area contributed by atoms with Crippen molar-refractivity contribution in [2.75, 3.05) is 5.48 Å². The summed E-state index contributed by atoms with van der Waals surface area (Å²) < 4.78 is 4.58. The van der Waals surface area contributed by atoms with Crippen molar-refractivity contribution in [2.45, 2.75) is 0 Å². The van der Waals surface area contributed by atoms with Gasteiger partial charge in [-0.3, -0.25) is 10.7 Å². The Bertz CT molecular complexity index is 129. The van der Waals surface area contributed by atoms with E-state index in [2.05, 4.69) is 4.42 Å². The number of hydrogen-bond acceptors (Lipinski definition) is 3. The van der Waals surface area contributed by atoms with Gasteiger partial charge in [-0.25, -0.2) is 0 Å². The molecule has 0 saturated heterocycles. The Morgan fingerprint density at radius 3 is 2.62 bits per heavy atom. The minimum Gasteiger partial charge on any atom is -0.470 e. The molecule has 1 aromatic heterocycles. The fraction of sp³-hybridized carbons (Fsp3) is 0. The maximum Gasteiger partial charge on any atom is 0.116 e. The molecular formula is C4H6ClNO2. The van der Waals surface area contributed by atoms with Crippen molar-refractivity contribution in [1.82, 2.24) is 0 Å². The van der Waals surface area contributed by atoms with E-state index in [1.54, 1.807) is 6.07 Å². The lowest BCUT2D eigenvalue weighted by Crippen LogP contribution is -1.83. The zero-order valence-corrected chi connectivity index (χ0v) is 4.81. The molecular weight excluding hydrogens is 130 g/mol. The molecule has 0 unspecified atom stereocenters. The highest BCUT2D eigenvalue weighted by Crippen LogP contribution is 2.02. The Morgan fingerprint density at radius 1 is 1.62 bits per heavy atom. The molecule has 0 amide bonds. The highest BCUT2D eigenvalue weighted by molar-refractivity contribution is 5.85. The summed E-state index contributed by atoms with van der Waals surface area (Å²) in [7, 11) is 0. The summed E-state index contributed by atoms with van der Waals surface area (Å²) in [6.07, 6.45) is 2.87. The van der Waals surface area contributed by atoms with Gasteiger partial charge in [0, 0.05) is 6.07 Å². The van der Waals surface area contributed by atoms with Gasteiger partial charge >= 0.3 is 0 Å². The largest absolute Gasteiger partial charge is 0.470 e. The molecule has 0 aliphatic rings. The SMILES string of the molecule is Cl.ONc1ccoc1. The Hall–Kier alpha value is -0.670. The van der Waals surface area contributed by atoms with Gasteiger partial charge in [-0.2, -0.15) is 0 Å². The molecule has 0 bridgehead atoms. The van der Waals surface area contributed by atoms with E-state index in [-0.39, 0.29) is 12.4 Å². The summed E-state index contributed by atoms with van der Waals surface area (Å²) in [5, 5.41) is 8.12. The predicted molar refractivity (Wildman–Crippen MR) is 31.4 cm³/mol. The number of furan rings is 1. The van der Waals surface area contributed by atoms with Crippen molar-refractivity contribution in [3.8, 4) is 0 Å². The van der Waals surface area contributed by atoms with Gasteiger partial charge in [0.1, 0.15) is 6.26 Å². The van der Waals surface area contributed by atoms with Crippen LogP contribution in [0, 0.1) is 0 Å². The monoisotopic (exact) mass is 135 g/mol. The molecule has 1 aromatic rings. The summed E-state index contributed by atoms with van der Waals surface area (Å²) in [5.74, 6) is 0. The molecule has 0 saturated carbocycles. The van der Waals surface area contributed by atoms with Crippen LogP contribution >= 0.6 is 12.4 Å². The standard InChI is InChI=1S/C4H5NO2.ClH/c6-5-4-1-2-7-3-4;/h1-3,5-6H;1H. The van der Waals surface area contributed by atoms with E-state index in [0.29, 0.717) is 5.69 Å². The fourth-order valence-electron chi connectivity index (χ4n) is 0.328. The lowest BCUT2D eigenvalue weighted by atomic mass is 10.6. The number of hydrogen-bond donors (Lipinski definition) is 2. The van der Waals surface area contributed by atoms with Crippen molar-refractivity contribution in [2.24, 2.45) is 0 Å². The summed E-state index contributed by atoms with van der Waals surface area (Å²) in [6, 6.07) is 1.61. The second kappa shape index (κ2) is 3.35. The third-order valence-corrected chi connectivity index (χ3v) is 0.650. The van der Waals surface area contributed by atoms with Crippen LogP contribution in [0.25, 0.3) is 0 Å². The molecule has 3 nitrogen and oxygen atoms in total. The van der Waals surface area contributed by atoms with E-state index in [1.165, 1.54) is 12.5 Å². The van der Waals surface area contributed by atoms with Crippen molar-refractivity contribution >= 4 is 18.1 Å². The molecule has 0 aliphatic carbocycles. The van der Waals surface area contributed by atoms with Crippen LogP contribution in [0.3, 0.4) is 0 Å². The smallest absolute Gasteiger partial charge is 0.116 e. The molecule has 46 valence electrons. The second-order valence-corrected chi connectivity index (χ2v) is 1.12. The Balaban J connectivity index is 0.000000490. The highest BCUT2D eigenvalue weighted by Gasteiger charge is 1.83. The van der Waals surface area contributed by atoms with E-state index >= 15 is 0 Å². The van der Waals surface area contributed by atoms with Crippen LogP contribution in [0.1, 0.15) is 0 Å². The van der Waals surface area contributed by atoms with Gasteiger partial charge in [-0.1, -0.05) is 0 Å². The van der Waals surface area contributed by atoms with Crippen LogP contribution in [0.4, 0.5) is 5.69 Å². The molecule has 0 atom stereocenters. The molecule has 1 heterocycles. The average molecular weight is 136 g/mol. The average Bonchev–Trinajstić information content (AvgIpc) is 2.14. The molecule has 0 spiro atoms. The van der Waals surface area contributed by atoms with Crippen molar-refractivity contribution in [3.05, 3.63) is 18.6 Å². The summed E-state index contributed by atoms with van der Waals surface area (Å²) >= 11 is 0. The fourth-order valence-corrected chi connectivity index (χ4v) is 0.328.